The maximum atomic E-state index is 14.5. The second-order valence-electron chi connectivity index (χ2n) is 6.60. The Balaban J connectivity index is 2.43. The number of rotatable bonds is 8. The molecule has 0 aliphatic carbocycles. The lowest BCUT2D eigenvalue weighted by Gasteiger charge is -2.28. The number of aromatic nitrogens is 2. The molecule has 0 aliphatic heterocycles. The van der Waals surface area contributed by atoms with Crippen molar-refractivity contribution in [2.24, 2.45) is 0 Å². The van der Waals surface area contributed by atoms with Crippen molar-refractivity contribution in [2.75, 3.05) is 10.8 Å². The summed E-state index contributed by atoms with van der Waals surface area (Å²) in [7, 11) is 0. The molecule has 0 saturated heterocycles. The second-order valence-corrected chi connectivity index (χ2v) is 6.60. The lowest BCUT2D eigenvalue weighted by molar-refractivity contribution is 0.202. The molecule has 1 heterocycles. The number of hydrogen-bond donors (Lipinski definition) is 2. The summed E-state index contributed by atoms with van der Waals surface area (Å²) in [6.45, 7) is 5.82. The third kappa shape index (κ3) is 4.92. The summed E-state index contributed by atoms with van der Waals surface area (Å²) < 4.78 is 14.5. The van der Waals surface area contributed by atoms with E-state index in [9.17, 15) is 9.60 Å². The first kappa shape index (κ1) is 20.6. The van der Waals surface area contributed by atoms with Gasteiger partial charge in [0.25, 0.3) is 0 Å². The van der Waals surface area contributed by atoms with E-state index in [0.29, 0.717) is 28.2 Å². The minimum atomic E-state index is -0.394. The van der Waals surface area contributed by atoms with Gasteiger partial charge in [0, 0.05) is 17.7 Å². The number of benzene rings is 1. The zero-order valence-corrected chi connectivity index (χ0v) is 16.0. The molecule has 144 valence electrons. The Kier molecular flexibility index (Phi) is 7.08. The van der Waals surface area contributed by atoms with E-state index in [1.165, 1.54) is 6.07 Å². The number of aryl methyl sites for hydroxylation is 1. The summed E-state index contributed by atoms with van der Waals surface area (Å²) in [6.07, 6.45) is 2.84. The largest absolute Gasteiger partial charge is 0.368 e. The quantitative estimate of drug-likeness (QED) is 0.682. The number of nitrogens with zero attached hydrogens (tertiary/aromatic N) is 4. The Morgan fingerprint density at radius 2 is 2.07 bits per heavy atom. The Morgan fingerprint density at radius 1 is 1.33 bits per heavy atom. The Labute approximate surface area is 159 Å². The van der Waals surface area contributed by atoms with Crippen LogP contribution in [-0.2, 0) is 12.8 Å². The van der Waals surface area contributed by atoms with Gasteiger partial charge in [0.1, 0.15) is 5.82 Å². The molecule has 0 aliphatic rings. The minimum absolute atomic E-state index is 0.0708. The number of hydroxylamine groups is 1. The van der Waals surface area contributed by atoms with Crippen molar-refractivity contribution in [3.63, 3.8) is 0 Å². The van der Waals surface area contributed by atoms with Crippen LogP contribution in [0.3, 0.4) is 0 Å². The molecule has 1 aromatic carbocycles. The van der Waals surface area contributed by atoms with Crippen molar-refractivity contribution >= 4 is 11.8 Å². The number of nitriles is 1. The molecule has 27 heavy (non-hydrogen) atoms. The molecule has 0 amide bonds. The van der Waals surface area contributed by atoms with Gasteiger partial charge in [0.15, 0.2) is 5.82 Å². The van der Waals surface area contributed by atoms with Gasteiger partial charge in [-0.25, -0.2) is 14.4 Å². The zero-order valence-electron chi connectivity index (χ0n) is 16.0. The molecule has 3 N–H and O–H groups in total. The molecule has 1 atom stereocenters. The van der Waals surface area contributed by atoms with Crippen LogP contribution in [0.5, 0.6) is 0 Å². The van der Waals surface area contributed by atoms with Crippen LogP contribution in [0.4, 0.5) is 16.2 Å². The van der Waals surface area contributed by atoms with Crippen LogP contribution in [0.2, 0.25) is 0 Å². The Bertz CT molecular complexity index is 834. The summed E-state index contributed by atoms with van der Waals surface area (Å²) >= 11 is 0. The van der Waals surface area contributed by atoms with Crippen molar-refractivity contribution in [2.45, 2.75) is 58.9 Å². The van der Waals surface area contributed by atoms with E-state index >= 15 is 0 Å². The molecular formula is C20H26FN5O. The van der Waals surface area contributed by atoms with Crippen LogP contribution < -0.4 is 10.8 Å². The van der Waals surface area contributed by atoms with Crippen molar-refractivity contribution in [3.8, 4) is 6.07 Å². The average Bonchev–Trinajstić information content (AvgIpc) is 2.63. The molecule has 1 aromatic heterocycles. The van der Waals surface area contributed by atoms with Crippen LogP contribution in [0.1, 0.15) is 55.5 Å². The van der Waals surface area contributed by atoms with Crippen LogP contribution in [0, 0.1) is 24.1 Å². The molecule has 0 spiro atoms. The van der Waals surface area contributed by atoms with Gasteiger partial charge in [0.2, 0.25) is 5.95 Å². The van der Waals surface area contributed by atoms with Crippen LogP contribution >= 0.6 is 0 Å². The van der Waals surface area contributed by atoms with E-state index in [1.807, 2.05) is 13.0 Å². The number of nitrogens with two attached hydrogens (primary N) is 1. The van der Waals surface area contributed by atoms with Crippen LogP contribution in [0.15, 0.2) is 18.2 Å². The van der Waals surface area contributed by atoms with Gasteiger partial charge in [-0.1, -0.05) is 32.4 Å². The lowest BCUT2D eigenvalue weighted by Crippen LogP contribution is -2.33. The van der Waals surface area contributed by atoms with Gasteiger partial charge in [-0.3, -0.25) is 5.21 Å². The van der Waals surface area contributed by atoms with Gasteiger partial charge < -0.3 is 5.73 Å². The third-order valence-corrected chi connectivity index (χ3v) is 4.63. The van der Waals surface area contributed by atoms with E-state index < -0.39 is 5.82 Å². The normalized spacial score (nSPS) is 11.9. The molecule has 2 aromatic rings. The Hall–Kier alpha value is -2.72. The molecule has 0 saturated carbocycles. The molecule has 7 heteroatoms. The smallest absolute Gasteiger partial charge is 0.222 e. The highest BCUT2D eigenvalue weighted by atomic mass is 19.1. The van der Waals surface area contributed by atoms with E-state index in [1.54, 1.807) is 19.1 Å². The molecular weight excluding hydrogens is 345 g/mol. The first-order valence-corrected chi connectivity index (χ1v) is 9.16. The van der Waals surface area contributed by atoms with Crippen LogP contribution in [-0.4, -0.2) is 21.2 Å². The highest BCUT2D eigenvalue weighted by Gasteiger charge is 2.22. The van der Waals surface area contributed by atoms with Gasteiger partial charge in [-0.05, 0) is 37.0 Å². The van der Waals surface area contributed by atoms with Crippen molar-refractivity contribution in [1.82, 2.24) is 9.97 Å². The van der Waals surface area contributed by atoms with E-state index in [2.05, 4.69) is 16.9 Å². The minimum Gasteiger partial charge on any atom is -0.368 e. The zero-order chi connectivity index (χ0) is 20.0. The predicted molar refractivity (Wildman–Crippen MR) is 103 cm³/mol. The first-order chi connectivity index (χ1) is 12.9. The first-order valence-electron chi connectivity index (χ1n) is 9.16. The summed E-state index contributed by atoms with van der Waals surface area (Å²) in [6, 6.07) is 6.67. The van der Waals surface area contributed by atoms with Gasteiger partial charge in [0.05, 0.1) is 18.5 Å². The molecule has 0 radical (unpaired) electrons. The van der Waals surface area contributed by atoms with Crippen molar-refractivity contribution in [1.29, 1.82) is 5.26 Å². The number of hydrogen-bond acceptors (Lipinski definition) is 6. The lowest BCUT2D eigenvalue weighted by atomic mass is 10.0. The monoisotopic (exact) mass is 371 g/mol. The van der Waals surface area contributed by atoms with E-state index in [4.69, 9.17) is 11.0 Å². The predicted octanol–water partition coefficient (Wildman–Crippen LogP) is 3.94. The maximum Gasteiger partial charge on any atom is 0.222 e. The molecule has 6 nitrogen and oxygen atoms in total. The van der Waals surface area contributed by atoms with E-state index in [-0.39, 0.29) is 24.8 Å². The highest BCUT2D eigenvalue weighted by Crippen LogP contribution is 2.28. The van der Waals surface area contributed by atoms with Crippen molar-refractivity contribution < 1.29 is 9.60 Å². The number of anilines is 2. The summed E-state index contributed by atoms with van der Waals surface area (Å²) in [5, 5.41) is 20.7. The summed E-state index contributed by atoms with van der Waals surface area (Å²) in [4.78, 5) is 8.42. The fraction of sp³-hybridized carbons (Fsp3) is 0.450. The van der Waals surface area contributed by atoms with Crippen molar-refractivity contribution in [3.05, 3.63) is 46.4 Å². The topological polar surface area (TPSA) is 99.1 Å². The fourth-order valence-electron chi connectivity index (χ4n) is 3.13. The van der Waals surface area contributed by atoms with Crippen LogP contribution in [0.25, 0.3) is 0 Å². The molecule has 2 rings (SSSR count). The van der Waals surface area contributed by atoms with E-state index in [0.717, 1.165) is 24.3 Å². The van der Waals surface area contributed by atoms with Gasteiger partial charge in [-0.15, -0.1) is 0 Å². The molecule has 1 unspecified atom stereocenters. The second kappa shape index (κ2) is 9.28. The SMILES string of the molecule is CCCC(CC)N(O)c1nc(N)nc(C)c1Cc1ccc(CC#N)cc1F. The Morgan fingerprint density at radius 3 is 2.67 bits per heavy atom. The highest BCUT2D eigenvalue weighted by molar-refractivity contribution is 5.52. The summed E-state index contributed by atoms with van der Waals surface area (Å²) in [5.74, 6) is -0.00249. The molecule has 0 bridgehead atoms. The average molecular weight is 371 g/mol. The third-order valence-electron chi connectivity index (χ3n) is 4.63. The van der Waals surface area contributed by atoms with Gasteiger partial charge in [-0.2, -0.15) is 10.2 Å². The number of nitrogen functional groups attached to an aromatic ring is 1. The fourth-order valence-corrected chi connectivity index (χ4v) is 3.13. The molecule has 0 fully saturated rings. The van der Waals surface area contributed by atoms with Gasteiger partial charge >= 0.3 is 0 Å². The number of halogens is 1. The standard InChI is InChI=1S/C20H26FN5O/c1-4-6-16(5-2)26(27)19-17(13(3)24-20(23)25-19)12-15-8-7-14(9-10-22)11-18(15)21/h7-8,11,16,27H,4-6,9,12H2,1-3H3,(H2,23,24,25). The summed E-state index contributed by atoms with van der Waals surface area (Å²) in [5.41, 5.74) is 8.10. The maximum absolute atomic E-state index is 14.5.